The van der Waals surface area contributed by atoms with Gasteiger partial charge in [-0.2, -0.15) is 0 Å². The van der Waals surface area contributed by atoms with E-state index in [9.17, 15) is 4.79 Å². The smallest absolute Gasteiger partial charge is 0.303 e. The molecule has 1 fully saturated rings. The molecule has 1 aliphatic carbocycles. The van der Waals surface area contributed by atoms with Crippen molar-refractivity contribution in [2.75, 3.05) is 0 Å². The van der Waals surface area contributed by atoms with Crippen LogP contribution in [0.15, 0.2) is 0 Å². The van der Waals surface area contributed by atoms with Gasteiger partial charge < -0.3 is 5.11 Å². The predicted molar refractivity (Wildman–Crippen MR) is 66.4 cm³/mol. The summed E-state index contributed by atoms with van der Waals surface area (Å²) in [6, 6.07) is 0. The highest BCUT2D eigenvalue weighted by Crippen LogP contribution is 2.43. The van der Waals surface area contributed by atoms with Gasteiger partial charge in [0.25, 0.3) is 0 Å². The topological polar surface area (TPSA) is 37.3 Å². The van der Waals surface area contributed by atoms with Crippen molar-refractivity contribution in [1.82, 2.24) is 0 Å². The van der Waals surface area contributed by atoms with Gasteiger partial charge in [-0.25, -0.2) is 0 Å². The van der Waals surface area contributed by atoms with E-state index in [1.54, 1.807) is 0 Å². The van der Waals surface area contributed by atoms with Crippen LogP contribution in [0.5, 0.6) is 0 Å². The zero-order chi connectivity index (χ0) is 12.2. The average molecular weight is 226 g/mol. The first-order valence-corrected chi connectivity index (χ1v) is 6.69. The maximum Gasteiger partial charge on any atom is 0.303 e. The third-order valence-electron chi connectivity index (χ3n) is 4.27. The first-order chi connectivity index (χ1) is 7.47. The van der Waals surface area contributed by atoms with Crippen LogP contribution in [0.1, 0.15) is 65.7 Å². The highest BCUT2D eigenvalue weighted by molar-refractivity contribution is 5.67. The molecule has 0 spiro atoms. The fraction of sp³-hybridized carbons (Fsp3) is 0.929. The number of carbonyl (C=O) groups is 1. The molecule has 0 bridgehead atoms. The maximum absolute atomic E-state index is 10.9. The molecule has 94 valence electrons. The summed E-state index contributed by atoms with van der Waals surface area (Å²) < 4.78 is 0. The fourth-order valence-electron chi connectivity index (χ4n) is 3.58. The molecule has 1 N–H and O–H groups in total. The first-order valence-electron chi connectivity index (χ1n) is 6.69. The van der Waals surface area contributed by atoms with Crippen molar-refractivity contribution >= 4 is 5.97 Å². The Morgan fingerprint density at radius 1 is 1.31 bits per heavy atom. The van der Waals surface area contributed by atoms with Crippen molar-refractivity contribution in [2.45, 2.75) is 65.7 Å². The molecule has 0 unspecified atom stereocenters. The molecule has 0 aromatic rings. The van der Waals surface area contributed by atoms with E-state index in [0.29, 0.717) is 12.3 Å². The van der Waals surface area contributed by atoms with Crippen LogP contribution in [-0.2, 0) is 4.79 Å². The van der Waals surface area contributed by atoms with E-state index in [-0.39, 0.29) is 5.41 Å². The van der Waals surface area contributed by atoms with E-state index in [0.717, 1.165) is 12.3 Å². The number of hydrogen-bond donors (Lipinski definition) is 1. The largest absolute Gasteiger partial charge is 0.481 e. The SMILES string of the molecule is CC[C@H](C1CCCCC1)C(C)(C)CC(=O)O. The number of hydrogen-bond acceptors (Lipinski definition) is 1. The Morgan fingerprint density at radius 2 is 1.88 bits per heavy atom. The molecular weight excluding hydrogens is 200 g/mol. The lowest BCUT2D eigenvalue weighted by Crippen LogP contribution is -2.33. The van der Waals surface area contributed by atoms with Gasteiger partial charge in [-0.1, -0.05) is 59.3 Å². The molecule has 2 heteroatoms. The Balaban J connectivity index is 2.66. The zero-order valence-corrected chi connectivity index (χ0v) is 11.0. The van der Waals surface area contributed by atoms with E-state index < -0.39 is 5.97 Å². The normalized spacial score (nSPS) is 20.7. The molecule has 0 amide bonds. The molecular formula is C14H26O2. The molecule has 1 atom stereocenters. The lowest BCUT2D eigenvalue weighted by atomic mass is 9.65. The number of aliphatic carboxylic acids is 1. The van der Waals surface area contributed by atoms with E-state index >= 15 is 0 Å². The molecule has 0 aromatic carbocycles. The van der Waals surface area contributed by atoms with Crippen LogP contribution in [0, 0.1) is 17.3 Å². The van der Waals surface area contributed by atoms with Crippen molar-refractivity contribution in [3.63, 3.8) is 0 Å². The van der Waals surface area contributed by atoms with Gasteiger partial charge in [0, 0.05) is 0 Å². The van der Waals surface area contributed by atoms with Gasteiger partial charge in [0.1, 0.15) is 0 Å². The molecule has 1 rings (SSSR count). The van der Waals surface area contributed by atoms with Crippen molar-refractivity contribution in [1.29, 1.82) is 0 Å². The molecule has 0 heterocycles. The number of rotatable bonds is 5. The van der Waals surface area contributed by atoms with Crippen LogP contribution in [0.2, 0.25) is 0 Å². The molecule has 0 aromatic heterocycles. The predicted octanol–water partition coefficient (Wildman–Crippen LogP) is 4.09. The summed E-state index contributed by atoms with van der Waals surface area (Å²) in [4.78, 5) is 10.9. The van der Waals surface area contributed by atoms with Crippen LogP contribution in [0.25, 0.3) is 0 Å². The summed E-state index contributed by atoms with van der Waals surface area (Å²) in [5.74, 6) is 0.677. The van der Waals surface area contributed by atoms with Crippen LogP contribution in [0.3, 0.4) is 0 Å². The van der Waals surface area contributed by atoms with Gasteiger partial charge in [0.15, 0.2) is 0 Å². The third kappa shape index (κ3) is 3.50. The molecule has 0 aliphatic heterocycles. The molecule has 1 saturated carbocycles. The van der Waals surface area contributed by atoms with Gasteiger partial charge in [-0.3, -0.25) is 4.79 Å². The minimum Gasteiger partial charge on any atom is -0.481 e. The van der Waals surface area contributed by atoms with Crippen molar-refractivity contribution in [3.05, 3.63) is 0 Å². The lowest BCUT2D eigenvalue weighted by molar-refractivity contribution is -0.140. The summed E-state index contributed by atoms with van der Waals surface area (Å²) in [5, 5.41) is 8.99. The molecule has 1 aliphatic rings. The van der Waals surface area contributed by atoms with E-state index in [2.05, 4.69) is 20.8 Å². The Morgan fingerprint density at radius 3 is 2.31 bits per heavy atom. The minimum atomic E-state index is -0.653. The number of carboxylic acids is 1. The summed E-state index contributed by atoms with van der Waals surface area (Å²) in [7, 11) is 0. The van der Waals surface area contributed by atoms with Crippen LogP contribution >= 0.6 is 0 Å². The Kier molecular flexibility index (Phi) is 4.82. The summed E-state index contributed by atoms with van der Waals surface area (Å²) in [6.45, 7) is 6.47. The zero-order valence-electron chi connectivity index (χ0n) is 11.0. The standard InChI is InChI=1S/C14H26O2/c1-4-12(11-8-6-5-7-9-11)14(2,3)10-13(15)16/h11-12H,4-10H2,1-3H3,(H,15,16)/t12-/m1/s1. The minimum absolute atomic E-state index is 0.0530. The third-order valence-corrected chi connectivity index (χ3v) is 4.27. The lowest BCUT2D eigenvalue weighted by Gasteiger charge is -2.40. The summed E-state index contributed by atoms with van der Waals surface area (Å²) in [6.07, 6.45) is 8.08. The van der Waals surface area contributed by atoms with Gasteiger partial charge in [-0.05, 0) is 17.3 Å². The quantitative estimate of drug-likeness (QED) is 0.766. The Bertz CT molecular complexity index is 227. The first kappa shape index (κ1) is 13.5. The summed E-state index contributed by atoms with van der Waals surface area (Å²) in [5.41, 5.74) is -0.0530. The van der Waals surface area contributed by atoms with Gasteiger partial charge in [-0.15, -0.1) is 0 Å². The second kappa shape index (κ2) is 5.70. The fourth-order valence-corrected chi connectivity index (χ4v) is 3.58. The van der Waals surface area contributed by atoms with Crippen molar-refractivity contribution in [3.8, 4) is 0 Å². The van der Waals surface area contributed by atoms with Crippen LogP contribution in [-0.4, -0.2) is 11.1 Å². The van der Waals surface area contributed by atoms with Crippen molar-refractivity contribution in [2.24, 2.45) is 17.3 Å². The van der Waals surface area contributed by atoms with E-state index in [1.807, 2.05) is 0 Å². The van der Waals surface area contributed by atoms with E-state index in [1.165, 1.54) is 32.1 Å². The Hall–Kier alpha value is -0.530. The van der Waals surface area contributed by atoms with Crippen LogP contribution in [0.4, 0.5) is 0 Å². The molecule has 0 saturated heterocycles. The maximum atomic E-state index is 10.9. The molecule has 16 heavy (non-hydrogen) atoms. The van der Waals surface area contributed by atoms with Gasteiger partial charge in [0.05, 0.1) is 6.42 Å². The van der Waals surface area contributed by atoms with Crippen molar-refractivity contribution < 1.29 is 9.90 Å². The highest BCUT2D eigenvalue weighted by atomic mass is 16.4. The summed E-state index contributed by atoms with van der Waals surface area (Å²) >= 11 is 0. The van der Waals surface area contributed by atoms with Crippen LogP contribution < -0.4 is 0 Å². The van der Waals surface area contributed by atoms with E-state index in [4.69, 9.17) is 5.11 Å². The van der Waals surface area contributed by atoms with Gasteiger partial charge in [0.2, 0.25) is 0 Å². The average Bonchev–Trinajstić information content (AvgIpc) is 2.17. The second-order valence-corrected chi connectivity index (χ2v) is 5.97. The second-order valence-electron chi connectivity index (χ2n) is 5.97. The molecule has 0 radical (unpaired) electrons. The number of carboxylic acid groups (broad SMARTS) is 1. The highest BCUT2D eigenvalue weighted by Gasteiger charge is 2.36. The monoisotopic (exact) mass is 226 g/mol. The Labute approximate surface area is 99.4 Å². The van der Waals surface area contributed by atoms with Gasteiger partial charge >= 0.3 is 5.97 Å². The molecule has 2 nitrogen and oxygen atoms in total.